The summed E-state index contributed by atoms with van der Waals surface area (Å²) in [7, 11) is -3.83. The van der Waals surface area contributed by atoms with Gasteiger partial charge in [-0.15, -0.1) is 0 Å². The van der Waals surface area contributed by atoms with Crippen LogP contribution in [-0.2, 0) is 14.8 Å². The molecule has 0 saturated carbocycles. The number of nitrogens with one attached hydrogen (secondary N) is 1. The molecule has 4 rings (SSSR count). The summed E-state index contributed by atoms with van der Waals surface area (Å²) in [4.78, 5) is 31.9. The average molecular weight is 476 g/mol. The fraction of sp³-hybridized carbons (Fsp3) is 0.318. The van der Waals surface area contributed by atoms with Crippen molar-refractivity contribution in [2.75, 3.05) is 13.1 Å². The molecule has 1 aliphatic rings. The van der Waals surface area contributed by atoms with E-state index >= 15 is 0 Å². The van der Waals surface area contributed by atoms with Gasteiger partial charge in [0.05, 0.1) is 21.5 Å². The van der Waals surface area contributed by atoms with Gasteiger partial charge >= 0.3 is 5.97 Å². The maximum absolute atomic E-state index is 13.0. The van der Waals surface area contributed by atoms with Gasteiger partial charge in [-0.05, 0) is 50.1 Å². The van der Waals surface area contributed by atoms with Crippen LogP contribution in [0.15, 0.2) is 52.2 Å². The van der Waals surface area contributed by atoms with E-state index < -0.39 is 22.1 Å². The Kier molecular flexibility index (Phi) is 6.32. The van der Waals surface area contributed by atoms with Crippen LogP contribution in [0.4, 0.5) is 0 Å². The number of hydrogen-bond donors (Lipinski definition) is 1. The molecule has 0 unspecified atom stereocenters. The minimum Gasteiger partial charge on any atom is -0.451 e. The van der Waals surface area contributed by atoms with E-state index in [1.165, 1.54) is 22.5 Å². The van der Waals surface area contributed by atoms with Gasteiger partial charge < -0.3 is 9.72 Å². The van der Waals surface area contributed by atoms with Crippen LogP contribution in [0.2, 0.25) is 5.02 Å². The van der Waals surface area contributed by atoms with Crippen LogP contribution in [0.3, 0.4) is 0 Å². The molecule has 0 spiro atoms. The van der Waals surface area contributed by atoms with E-state index in [4.69, 9.17) is 16.3 Å². The van der Waals surface area contributed by atoms with Crippen LogP contribution in [0, 0.1) is 0 Å². The lowest BCUT2D eigenvalue weighted by atomic mass is 10.2. The third kappa shape index (κ3) is 4.41. The number of para-hydroxylation sites is 1. The van der Waals surface area contributed by atoms with Gasteiger partial charge in [0.15, 0.2) is 11.9 Å². The summed E-state index contributed by atoms with van der Waals surface area (Å²) in [5.74, 6) is -0.558. The van der Waals surface area contributed by atoms with Crippen molar-refractivity contribution in [1.29, 1.82) is 0 Å². The van der Waals surface area contributed by atoms with E-state index in [0.29, 0.717) is 24.0 Å². The van der Waals surface area contributed by atoms with Gasteiger partial charge in [-0.3, -0.25) is 4.79 Å². The molecule has 3 aromatic rings. The summed E-state index contributed by atoms with van der Waals surface area (Å²) in [6.45, 7) is 2.42. The summed E-state index contributed by atoms with van der Waals surface area (Å²) in [6.07, 6.45) is 1.69. The topological polar surface area (TPSA) is 109 Å². The normalized spacial score (nSPS) is 16.1. The average Bonchev–Trinajstić information content (AvgIpc) is 2.79. The molecule has 0 radical (unpaired) electrons. The van der Waals surface area contributed by atoms with Gasteiger partial charge in [-0.25, -0.2) is 18.2 Å². The summed E-state index contributed by atoms with van der Waals surface area (Å²) in [5, 5.41) is 0.473. The first-order chi connectivity index (χ1) is 15.3. The lowest BCUT2D eigenvalue weighted by Crippen LogP contribution is -2.35. The zero-order valence-electron chi connectivity index (χ0n) is 17.4. The summed E-state index contributed by atoms with van der Waals surface area (Å²) in [5.41, 5.74) is 0.186. The Balaban J connectivity index is 1.59. The summed E-state index contributed by atoms with van der Waals surface area (Å²) >= 11 is 6.17. The number of carbonyl (C=O) groups is 1. The molecule has 0 amide bonds. The number of hydrogen-bond acceptors (Lipinski definition) is 6. The highest BCUT2D eigenvalue weighted by Crippen LogP contribution is 2.28. The van der Waals surface area contributed by atoms with Crippen LogP contribution in [-0.4, -0.2) is 41.7 Å². The third-order valence-electron chi connectivity index (χ3n) is 5.40. The van der Waals surface area contributed by atoms with Crippen LogP contribution < -0.4 is 5.56 Å². The molecule has 32 heavy (non-hydrogen) atoms. The van der Waals surface area contributed by atoms with E-state index in [1.54, 1.807) is 31.2 Å². The molecular weight excluding hydrogens is 454 g/mol. The number of H-pyrrole nitrogens is 1. The molecule has 168 valence electrons. The Morgan fingerprint density at radius 2 is 1.88 bits per heavy atom. The van der Waals surface area contributed by atoms with Crippen molar-refractivity contribution in [1.82, 2.24) is 14.3 Å². The predicted molar refractivity (Wildman–Crippen MR) is 120 cm³/mol. The SMILES string of the molecule is C[C@@H](OC(=O)c1ccc(Cl)c(S(=O)(=O)N2CCCCC2)c1)c1nc2ccccc2c(=O)[nH]1. The molecule has 1 saturated heterocycles. The third-order valence-corrected chi connectivity index (χ3v) is 7.78. The Bertz CT molecular complexity index is 1330. The molecule has 1 aromatic heterocycles. The van der Waals surface area contributed by atoms with E-state index in [1.807, 2.05) is 0 Å². The first-order valence-corrected chi connectivity index (χ1v) is 12.1. The van der Waals surface area contributed by atoms with Crippen molar-refractivity contribution in [2.45, 2.75) is 37.2 Å². The van der Waals surface area contributed by atoms with Crippen LogP contribution in [0.5, 0.6) is 0 Å². The zero-order chi connectivity index (χ0) is 22.9. The standard InChI is InChI=1S/C22H22ClN3O5S/c1-14(20-24-18-8-4-3-7-16(18)21(27)25-20)31-22(28)15-9-10-17(23)19(13-15)32(29,30)26-11-5-2-6-12-26/h3-4,7-10,13-14H,2,5-6,11-12H2,1H3,(H,24,25,27)/t14-/m1/s1. The number of nitrogens with zero attached hydrogens (tertiary/aromatic N) is 2. The van der Waals surface area contributed by atoms with Crippen molar-refractivity contribution in [2.24, 2.45) is 0 Å². The van der Waals surface area contributed by atoms with Crippen LogP contribution >= 0.6 is 11.6 Å². The van der Waals surface area contributed by atoms with Gasteiger partial charge in [0.25, 0.3) is 5.56 Å². The summed E-state index contributed by atoms with van der Waals surface area (Å²) < 4.78 is 32.9. The first-order valence-electron chi connectivity index (χ1n) is 10.3. The molecule has 0 bridgehead atoms. The quantitative estimate of drug-likeness (QED) is 0.564. The van der Waals surface area contributed by atoms with Gasteiger partial charge in [-0.1, -0.05) is 30.2 Å². The molecule has 10 heteroatoms. The fourth-order valence-corrected chi connectivity index (χ4v) is 5.67. The Hall–Kier alpha value is -2.75. The van der Waals surface area contributed by atoms with Gasteiger partial charge in [0.2, 0.25) is 10.0 Å². The molecule has 1 atom stereocenters. The maximum atomic E-state index is 13.0. The second-order valence-corrected chi connectivity index (χ2v) is 9.94. The molecule has 0 aliphatic carbocycles. The van der Waals surface area contributed by atoms with Gasteiger partial charge in [-0.2, -0.15) is 4.31 Å². The van der Waals surface area contributed by atoms with Crippen LogP contribution in [0.25, 0.3) is 10.9 Å². The number of piperidine rings is 1. The highest BCUT2D eigenvalue weighted by molar-refractivity contribution is 7.89. The number of aromatic nitrogens is 2. The van der Waals surface area contributed by atoms with E-state index in [0.717, 1.165) is 19.3 Å². The number of carbonyl (C=O) groups excluding carboxylic acids is 1. The molecule has 1 fully saturated rings. The second kappa shape index (κ2) is 9.01. The molecule has 2 aromatic carbocycles. The second-order valence-electron chi connectivity index (χ2n) is 7.63. The fourth-order valence-electron chi connectivity index (χ4n) is 3.65. The molecule has 1 aliphatic heterocycles. The lowest BCUT2D eigenvalue weighted by Gasteiger charge is -2.26. The largest absolute Gasteiger partial charge is 0.451 e. The molecule has 1 N–H and O–H groups in total. The monoisotopic (exact) mass is 475 g/mol. The number of aromatic amines is 1. The van der Waals surface area contributed by atoms with Crippen molar-refractivity contribution >= 4 is 38.5 Å². The number of rotatable bonds is 5. The van der Waals surface area contributed by atoms with Crippen LogP contribution in [0.1, 0.15) is 48.5 Å². The van der Waals surface area contributed by atoms with Gasteiger partial charge in [0.1, 0.15) is 4.90 Å². The van der Waals surface area contributed by atoms with Crippen molar-refractivity contribution < 1.29 is 17.9 Å². The van der Waals surface area contributed by atoms with E-state index in [9.17, 15) is 18.0 Å². The smallest absolute Gasteiger partial charge is 0.338 e. The Labute approximate surface area is 190 Å². The molecule has 2 heterocycles. The minimum absolute atomic E-state index is 0.0416. The van der Waals surface area contributed by atoms with E-state index in [-0.39, 0.29) is 26.9 Å². The predicted octanol–water partition coefficient (Wildman–Crippen LogP) is 3.67. The Morgan fingerprint density at radius 1 is 1.16 bits per heavy atom. The van der Waals surface area contributed by atoms with Crippen molar-refractivity contribution in [3.63, 3.8) is 0 Å². The molecule has 8 nitrogen and oxygen atoms in total. The highest BCUT2D eigenvalue weighted by atomic mass is 35.5. The zero-order valence-corrected chi connectivity index (χ0v) is 18.9. The number of fused-ring (bicyclic) bond motifs is 1. The summed E-state index contributed by atoms with van der Waals surface area (Å²) in [6, 6.07) is 10.8. The number of benzene rings is 2. The highest BCUT2D eigenvalue weighted by Gasteiger charge is 2.29. The number of ether oxygens (including phenoxy) is 1. The van der Waals surface area contributed by atoms with Crippen molar-refractivity contribution in [3.05, 3.63) is 69.2 Å². The van der Waals surface area contributed by atoms with Gasteiger partial charge in [0, 0.05) is 13.1 Å². The number of sulfonamides is 1. The maximum Gasteiger partial charge on any atom is 0.338 e. The minimum atomic E-state index is -3.83. The molecular formula is C22H22ClN3O5S. The van der Waals surface area contributed by atoms with Crippen molar-refractivity contribution in [3.8, 4) is 0 Å². The number of esters is 1. The Morgan fingerprint density at radius 3 is 2.62 bits per heavy atom. The van der Waals surface area contributed by atoms with E-state index in [2.05, 4.69) is 9.97 Å². The first kappa shape index (κ1) is 22.4. The number of halogens is 1. The lowest BCUT2D eigenvalue weighted by molar-refractivity contribution is 0.0319.